The maximum Gasteiger partial charge on any atom is 0.419 e. The first-order chi connectivity index (χ1) is 21.0. The smallest absolute Gasteiger partial charge is 0.419 e. The summed E-state index contributed by atoms with van der Waals surface area (Å²) in [5.41, 5.74) is 1.28. The summed E-state index contributed by atoms with van der Waals surface area (Å²) < 4.78 is 30.9. The van der Waals surface area contributed by atoms with E-state index in [-0.39, 0.29) is 45.1 Å². The van der Waals surface area contributed by atoms with Crippen LogP contribution in [0.4, 0.5) is 9.59 Å². The van der Waals surface area contributed by atoms with Gasteiger partial charge in [0.25, 0.3) is 0 Å². The predicted octanol–water partition coefficient (Wildman–Crippen LogP) is 7.04. The van der Waals surface area contributed by atoms with E-state index >= 15 is 0 Å². The average molecular weight is 646 g/mol. The van der Waals surface area contributed by atoms with Crippen LogP contribution >= 0.6 is 7.37 Å². The fourth-order valence-electron chi connectivity index (χ4n) is 5.43. The zero-order chi connectivity index (χ0) is 33.5. The average Bonchev–Trinajstić information content (AvgIpc) is 2.93. The molecule has 0 aliphatic carbocycles. The molecule has 0 radical (unpaired) electrons. The van der Waals surface area contributed by atoms with E-state index in [1.54, 1.807) is 60.9 Å². The molecular weight excluding hydrogens is 597 g/mol. The van der Waals surface area contributed by atoms with E-state index in [9.17, 15) is 24.1 Å². The highest BCUT2D eigenvalue weighted by molar-refractivity contribution is 7.62. The number of aromatic nitrogens is 1. The molecular formula is C33H48N3O8P. The molecule has 2 unspecified atom stereocenters. The minimum Gasteiger partial charge on any atom is -0.480 e. The number of nitrogens with zero attached hydrogens (tertiary/aromatic N) is 3. The molecule has 1 aliphatic rings. The Morgan fingerprint density at radius 1 is 1.00 bits per heavy atom. The third-order valence-corrected chi connectivity index (χ3v) is 10.7. The molecule has 2 atom stereocenters. The first kappa shape index (κ1) is 36.2. The van der Waals surface area contributed by atoms with Crippen LogP contribution in [0.2, 0.25) is 0 Å². The van der Waals surface area contributed by atoms with E-state index in [0.29, 0.717) is 13.1 Å². The van der Waals surface area contributed by atoms with Gasteiger partial charge < -0.3 is 19.1 Å². The zero-order valence-corrected chi connectivity index (χ0v) is 28.5. The van der Waals surface area contributed by atoms with Crippen LogP contribution < -0.4 is 0 Å². The summed E-state index contributed by atoms with van der Waals surface area (Å²) in [5.74, 6) is -1.18. The molecule has 1 aromatic carbocycles. The van der Waals surface area contributed by atoms with Crippen molar-refractivity contribution in [2.24, 2.45) is 0 Å². The van der Waals surface area contributed by atoms with Crippen LogP contribution in [0, 0.1) is 0 Å². The minimum absolute atomic E-state index is 0.0306. The second kappa shape index (κ2) is 14.9. The number of benzene rings is 1. The maximum atomic E-state index is 14.3. The highest BCUT2D eigenvalue weighted by Crippen LogP contribution is 2.63. The lowest BCUT2D eigenvalue weighted by molar-refractivity contribution is -0.141. The number of carboxylic acids is 1. The molecule has 2 heterocycles. The summed E-state index contributed by atoms with van der Waals surface area (Å²) in [4.78, 5) is 46.1. The third-order valence-electron chi connectivity index (χ3n) is 7.42. The van der Waals surface area contributed by atoms with Gasteiger partial charge in [-0.1, -0.05) is 30.3 Å². The van der Waals surface area contributed by atoms with Gasteiger partial charge in [0.05, 0.1) is 6.61 Å². The van der Waals surface area contributed by atoms with Crippen molar-refractivity contribution in [2.45, 2.75) is 90.6 Å². The van der Waals surface area contributed by atoms with Crippen molar-refractivity contribution in [3.63, 3.8) is 0 Å². The van der Waals surface area contributed by atoms with Crippen LogP contribution in [-0.2, 0) is 29.9 Å². The molecule has 1 saturated heterocycles. The van der Waals surface area contributed by atoms with Gasteiger partial charge in [-0.15, -0.1) is 0 Å². The third kappa shape index (κ3) is 9.61. The highest BCUT2D eigenvalue weighted by Gasteiger charge is 2.58. The van der Waals surface area contributed by atoms with Gasteiger partial charge in [0, 0.05) is 50.3 Å². The van der Waals surface area contributed by atoms with Crippen molar-refractivity contribution in [1.29, 1.82) is 0 Å². The Morgan fingerprint density at radius 2 is 1.64 bits per heavy atom. The fraction of sp³-hybridized carbons (Fsp3) is 0.576. The van der Waals surface area contributed by atoms with E-state index in [0.717, 1.165) is 21.6 Å². The van der Waals surface area contributed by atoms with Crippen molar-refractivity contribution in [3.05, 3.63) is 54.4 Å². The second-order valence-corrected chi connectivity index (χ2v) is 16.2. The largest absolute Gasteiger partial charge is 0.480 e. The SMILES string of the molecule is CCOP1(=O)CCN(Cc2ccccc2-c2cccnc2)CC1(CCCCN(C(=O)OC(C)(C)C)C(=O)OC(C)(C)C)C(=O)O. The molecule has 0 spiro atoms. The summed E-state index contributed by atoms with van der Waals surface area (Å²) in [6.07, 6.45) is 2.47. The fourth-order valence-corrected chi connectivity index (χ4v) is 8.40. The molecule has 2 aromatic rings. The Kier molecular flexibility index (Phi) is 12.0. The summed E-state index contributed by atoms with van der Waals surface area (Å²) >= 11 is 0. The Bertz CT molecular complexity index is 1340. The normalized spacial score (nSPS) is 20.8. The second-order valence-electron chi connectivity index (χ2n) is 13.3. The summed E-state index contributed by atoms with van der Waals surface area (Å²) in [6.45, 7) is 12.9. The van der Waals surface area contributed by atoms with Crippen LogP contribution in [0.15, 0.2) is 48.8 Å². The van der Waals surface area contributed by atoms with E-state index in [2.05, 4.69) is 4.98 Å². The van der Waals surface area contributed by atoms with Crippen LogP contribution in [0.25, 0.3) is 11.1 Å². The molecule has 248 valence electrons. The van der Waals surface area contributed by atoms with Crippen molar-refractivity contribution in [3.8, 4) is 11.1 Å². The Hall–Kier alpha value is -3.27. The molecule has 12 heteroatoms. The number of carboxylic acid groups (broad SMARTS) is 1. The monoisotopic (exact) mass is 645 g/mol. The van der Waals surface area contributed by atoms with Gasteiger partial charge in [0.15, 0.2) is 5.16 Å². The van der Waals surface area contributed by atoms with Gasteiger partial charge in [-0.2, -0.15) is 0 Å². The molecule has 11 nitrogen and oxygen atoms in total. The minimum atomic E-state index is -3.63. The standard InChI is InChI=1S/C33H48N3O8P/c1-8-42-45(41)21-20-35(23-26-14-9-10-16-27(26)25-15-13-18-34-22-25)24-33(45,28(37)38)17-11-12-19-36(29(39)43-31(2,3)4)30(40)44-32(5,6)7/h9-10,13-16,18,22H,8,11-12,17,19-21,23-24H2,1-7H3,(H,37,38). The number of carbonyl (C=O) groups excluding carboxylic acids is 2. The molecule has 1 fully saturated rings. The first-order valence-electron chi connectivity index (χ1n) is 15.4. The van der Waals surface area contributed by atoms with Gasteiger partial charge >= 0.3 is 18.2 Å². The van der Waals surface area contributed by atoms with E-state index in [1.807, 2.05) is 41.3 Å². The molecule has 1 N–H and O–H groups in total. The number of hydrogen-bond donors (Lipinski definition) is 1. The molecule has 1 aliphatic heterocycles. The van der Waals surface area contributed by atoms with Gasteiger partial charge in [-0.25, -0.2) is 14.5 Å². The Balaban J connectivity index is 1.82. The molecule has 1 aromatic heterocycles. The van der Waals surface area contributed by atoms with E-state index in [1.165, 1.54) is 0 Å². The lowest BCUT2D eigenvalue weighted by atomic mass is 9.97. The quantitative estimate of drug-likeness (QED) is 0.200. The van der Waals surface area contributed by atoms with Gasteiger partial charge in [0.1, 0.15) is 11.2 Å². The Labute approximate surface area is 266 Å². The number of imide groups is 1. The number of carbonyl (C=O) groups is 3. The maximum absolute atomic E-state index is 14.3. The first-order valence-corrected chi connectivity index (χ1v) is 17.2. The number of rotatable bonds is 11. The number of amides is 2. The number of unbranched alkanes of at least 4 members (excludes halogenated alkanes) is 1. The number of pyridine rings is 1. The molecule has 0 saturated carbocycles. The molecule has 2 amide bonds. The lowest BCUT2D eigenvalue weighted by Gasteiger charge is -2.45. The predicted molar refractivity (Wildman–Crippen MR) is 172 cm³/mol. The van der Waals surface area contributed by atoms with Crippen molar-refractivity contribution >= 4 is 25.5 Å². The highest BCUT2D eigenvalue weighted by atomic mass is 31.2. The Morgan fingerprint density at radius 3 is 2.20 bits per heavy atom. The summed E-state index contributed by atoms with van der Waals surface area (Å²) in [7, 11) is -3.63. The number of aliphatic carboxylic acids is 1. The number of ether oxygens (including phenoxy) is 2. The van der Waals surface area contributed by atoms with Crippen molar-refractivity contribution in [2.75, 3.05) is 32.4 Å². The van der Waals surface area contributed by atoms with Crippen molar-refractivity contribution in [1.82, 2.24) is 14.8 Å². The zero-order valence-electron chi connectivity index (χ0n) is 27.6. The summed E-state index contributed by atoms with van der Waals surface area (Å²) in [5, 5.41) is 9.00. The lowest BCUT2D eigenvalue weighted by Crippen LogP contribution is -2.54. The van der Waals surface area contributed by atoms with E-state index in [4.69, 9.17) is 14.0 Å². The van der Waals surface area contributed by atoms with Gasteiger partial charge in [-0.3, -0.25) is 19.2 Å². The topological polar surface area (TPSA) is 136 Å². The van der Waals surface area contributed by atoms with Gasteiger partial charge in [0.2, 0.25) is 7.37 Å². The van der Waals surface area contributed by atoms with Crippen LogP contribution in [0.3, 0.4) is 0 Å². The van der Waals surface area contributed by atoms with Crippen LogP contribution in [-0.4, -0.2) is 86.8 Å². The van der Waals surface area contributed by atoms with Gasteiger partial charge in [-0.05, 0) is 84.9 Å². The molecule has 3 rings (SSSR count). The van der Waals surface area contributed by atoms with Crippen molar-refractivity contribution < 1.29 is 38.1 Å². The summed E-state index contributed by atoms with van der Waals surface area (Å²) in [6, 6.07) is 11.7. The van der Waals surface area contributed by atoms with Crippen LogP contribution in [0.5, 0.6) is 0 Å². The molecule has 45 heavy (non-hydrogen) atoms. The van der Waals surface area contributed by atoms with E-state index < -0.39 is 41.9 Å². The molecule has 0 bridgehead atoms. The van der Waals surface area contributed by atoms with Crippen LogP contribution in [0.1, 0.15) is 73.3 Å². The number of hydrogen-bond acceptors (Lipinski definition) is 9.